The van der Waals surface area contributed by atoms with Gasteiger partial charge in [-0.1, -0.05) is 5.16 Å². The van der Waals surface area contributed by atoms with E-state index in [9.17, 15) is 0 Å². The number of hydrogen-bond donors (Lipinski definition) is 1. The number of aromatic amines is 1. The first-order chi connectivity index (χ1) is 13.3. The van der Waals surface area contributed by atoms with Crippen LogP contribution in [0.25, 0.3) is 23.0 Å². The van der Waals surface area contributed by atoms with Crippen molar-refractivity contribution < 1.29 is 13.4 Å². The minimum Gasteiger partial charge on any atom is -0.463 e. The molecule has 5 heterocycles. The molecule has 0 radical (unpaired) electrons. The van der Waals surface area contributed by atoms with Crippen LogP contribution in [-0.2, 0) is 6.54 Å². The third-order valence-electron chi connectivity index (χ3n) is 4.97. The largest absolute Gasteiger partial charge is 0.463 e. The Bertz CT molecular complexity index is 979. The molecular weight excluding hydrogens is 346 g/mol. The Labute approximate surface area is 155 Å². The van der Waals surface area contributed by atoms with Crippen molar-refractivity contribution in [3.8, 4) is 23.0 Å². The second kappa shape index (κ2) is 6.88. The Morgan fingerprint density at radius 3 is 2.59 bits per heavy atom. The minimum absolute atomic E-state index is 0.471. The van der Waals surface area contributed by atoms with Crippen molar-refractivity contribution in [2.75, 3.05) is 13.1 Å². The zero-order valence-corrected chi connectivity index (χ0v) is 14.7. The molecule has 1 aliphatic rings. The van der Waals surface area contributed by atoms with E-state index < -0.39 is 0 Å². The standard InChI is InChI=1S/C19H19N5O3/c1-3-16(25-9-1)15-11-14(21-22-15)13-5-7-24(8-6-13)12-18-20-19(23-27-18)17-4-2-10-26-17/h1-4,9-11,13H,5-8,12H2,(H,21,22). The topological polar surface area (TPSA) is 97.1 Å². The van der Waals surface area contributed by atoms with Gasteiger partial charge >= 0.3 is 0 Å². The highest BCUT2D eigenvalue weighted by Gasteiger charge is 2.24. The third-order valence-corrected chi connectivity index (χ3v) is 4.97. The van der Waals surface area contributed by atoms with Gasteiger partial charge in [0.25, 0.3) is 0 Å². The van der Waals surface area contributed by atoms with Crippen molar-refractivity contribution in [2.24, 2.45) is 0 Å². The van der Waals surface area contributed by atoms with Crippen molar-refractivity contribution in [3.05, 3.63) is 54.4 Å². The lowest BCUT2D eigenvalue weighted by Gasteiger charge is -2.30. The lowest BCUT2D eigenvalue weighted by Crippen LogP contribution is -2.32. The lowest BCUT2D eigenvalue weighted by molar-refractivity contribution is 0.180. The number of furan rings is 2. The van der Waals surface area contributed by atoms with Crippen LogP contribution in [0.5, 0.6) is 0 Å². The summed E-state index contributed by atoms with van der Waals surface area (Å²) in [7, 11) is 0. The van der Waals surface area contributed by atoms with E-state index in [1.165, 1.54) is 5.69 Å². The first-order valence-corrected chi connectivity index (χ1v) is 9.03. The molecule has 4 aromatic heterocycles. The molecule has 8 heteroatoms. The summed E-state index contributed by atoms with van der Waals surface area (Å²) < 4.78 is 16.1. The molecule has 5 rings (SSSR count). The number of nitrogens with zero attached hydrogens (tertiary/aromatic N) is 4. The van der Waals surface area contributed by atoms with E-state index in [4.69, 9.17) is 13.4 Å². The molecule has 1 N–H and O–H groups in total. The van der Waals surface area contributed by atoms with Crippen LogP contribution >= 0.6 is 0 Å². The molecule has 27 heavy (non-hydrogen) atoms. The van der Waals surface area contributed by atoms with E-state index in [-0.39, 0.29) is 0 Å². The predicted molar refractivity (Wildman–Crippen MR) is 95.5 cm³/mol. The van der Waals surface area contributed by atoms with Gasteiger partial charge in [0, 0.05) is 11.6 Å². The van der Waals surface area contributed by atoms with Crippen LogP contribution < -0.4 is 0 Å². The van der Waals surface area contributed by atoms with E-state index in [0.29, 0.717) is 29.9 Å². The van der Waals surface area contributed by atoms with Crippen molar-refractivity contribution in [1.29, 1.82) is 0 Å². The average Bonchev–Trinajstić information content (AvgIpc) is 3.49. The summed E-state index contributed by atoms with van der Waals surface area (Å²) in [5.41, 5.74) is 2.02. The second-order valence-corrected chi connectivity index (χ2v) is 6.73. The maximum Gasteiger partial charge on any atom is 0.241 e. The van der Waals surface area contributed by atoms with Gasteiger partial charge in [-0.3, -0.25) is 10.00 Å². The summed E-state index contributed by atoms with van der Waals surface area (Å²) in [6, 6.07) is 9.51. The Hall–Kier alpha value is -3.13. The molecule has 0 bridgehead atoms. The van der Waals surface area contributed by atoms with Gasteiger partial charge in [-0.25, -0.2) is 0 Å². The molecular formula is C19H19N5O3. The summed E-state index contributed by atoms with van der Waals surface area (Å²) in [5, 5.41) is 11.5. The van der Waals surface area contributed by atoms with Gasteiger partial charge in [-0.15, -0.1) is 0 Å². The van der Waals surface area contributed by atoms with Crippen molar-refractivity contribution in [1.82, 2.24) is 25.2 Å². The molecule has 1 fully saturated rings. The second-order valence-electron chi connectivity index (χ2n) is 6.73. The maximum atomic E-state index is 5.41. The molecule has 1 aliphatic heterocycles. The Balaban J connectivity index is 1.18. The van der Waals surface area contributed by atoms with Gasteiger partial charge in [0.15, 0.2) is 11.5 Å². The summed E-state index contributed by atoms with van der Waals surface area (Å²) >= 11 is 0. The molecule has 0 atom stereocenters. The highest BCUT2D eigenvalue weighted by Crippen LogP contribution is 2.30. The molecule has 138 valence electrons. The maximum absolute atomic E-state index is 5.41. The SMILES string of the molecule is c1coc(-c2cc(C3CCN(Cc4nc(-c5ccco5)no4)CC3)[nH]n2)c1. The van der Waals surface area contributed by atoms with Crippen LogP contribution in [0.3, 0.4) is 0 Å². The van der Waals surface area contributed by atoms with E-state index in [1.54, 1.807) is 12.5 Å². The number of nitrogens with one attached hydrogen (secondary N) is 1. The summed E-state index contributed by atoms with van der Waals surface area (Å²) in [6.45, 7) is 2.59. The molecule has 0 aromatic carbocycles. The Morgan fingerprint density at radius 1 is 1.07 bits per heavy atom. The third kappa shape index (κ3) is 3.31. The molecule has 0 spiro atoms. The lowest BCUT2D eigenvalue weighted by atomic mass is 9.93. The van der Waals surface area contributed by atoms with Gasteiger partial charge < -0.3 is 13.4 Å². The van der Waals surface area contributed by atoms with Crippen molar-refractivity contribution in [2.45, 2.75) is 25.3 Å². The van der Waals surface area contributed by atoms with Crippen LogP contribution in [0, 0.1) is 0 Å². The zero-order valence-electron chi connectivity index (χ0n) is 14.7. The minimum atomic E-state index is 0.471. The molecule has 0 unspecified atom stereocenters. The normalized spacial score (nSPS) is 16.1. The zero-order chi connectivity index (χ0) is 18.1. The number of hydrogen-bond acceptors (Lipinski definition) is 7. The van der Waals surface area contributed by atoms with Crippen LogP contribution in [0.15, 0.2) is 56.2 Å². The fraction of sp³-hybridized carbons (Fsp3) is 0.316. The molecule has 0 amide bonds. The smallest absolute Gasteiger partial charge is 0.241 e. The number of rotatable bonds is 5. The quantitative estimate of drug-likeness (QED) is 0.576. The van der Waals surface area contributed by atoms with Crippen LogP contribution in [-0.4, -0.2) is 38.3 Å². The molecule has 4 aromatic rings. The van der Waals surface area contributed by atoms with Crippen LogP contribution in [0.1, 0.15) is 30.3 Å². The fourth-order valence-electron chi connectivity index (χ4n) is 3.51. The number of likely N-dealkylation sites (tertiary alicyclic amines) is 1. The monoisotopic (exact) mass is 365 g/mol. The average molecular weight is 365 g/mol. The highest BCUT2D eigenvalue weighted by molar-refractivity contribution is 5.52. The van der Waals surface area contributed by atoms with Gasteiger partial charge in [0.05, 0.1) is 19.1 Å². The molecule has 8 nitrogen and oxygen atoms in total. The van der Waals surface area contributed by atoms with Crippen LogP contribution in [0.4, 0.5) is 0 Å². The fourth-order valence-corrected chi connectivity index (χ4v) is 3.51. The van der Waals surface area contributed by atoms with Crippen molar-refractivity contribution >= 4 is 0 Å². The summed E-state index contributed by atoms with van der Waals surface area (Å²) in [6.07, 6.45) is 5.37. The van der Waals surface area contributed by atoms with Gasteiger partial charge in [-0.05, 0) is 56.3 Å². The van der Waals surface area contributed by atoms with Gasteiger partial charge in [-0.2, -0.15) is 10.1 Å². The Morgan fingerprint density at radius 2 is 1.85 bits per heavy atom. The highest BCUT2D eigenvalue weighted by atomic mass is 16.5. The van der Waals surface area contributed by atoms with E-state index in [1.807, 2.05) is 24.3 Å². The number of H-pyrrole nitrogens is 1. The van der Waals surface area contributed by atoms with Gasteiger partial charge in [0.1, 0.15) is 5.69 Å². The van der Waals surface area contributed by atoms with Gasteiger partial charge in [0.2, 0.25) is 11.7 Å². The predicted octanol–water partition coefficient (Wildman–Crippen LogP) is 3.69. The van der Waals surface area contributed by atoms with E-state index in [0.717, 1.165) is 37.4 Å². The van der Waals surface area contributed by atoms with E-state index >= 15 is 0 Å². The van der Waals surface area contributed by atoms with Crippen LogP contribution in [0.2, 0.25) is 0 Å². The number of aromatic nitrogens is 4. The number of piperidine rings is 1. The van der Waals surface area contributed by atoms with E-state index in [2.05, 4.69) is 31.3 Å². The Kier molecular flexibility index (Phi) is 4.10. The summed E-state index contributed by atoms with van der Waals surface area (Å²) in [4.78, 5) is 6.75. The first kappa shape index (κ1) is 16.1. The molecule has 1 saturated heterocycles. The van der Waals surface area contributed by atoms with Crippen molar-refractivity contribution in [3.63, 3.8) is 0 Å². The molecule has 0 aliphatic carbocycles. The first-order valence-electron chi connectivity index (χ1n) is 9.03. The summed E-state index contributed by atoms with van der Waals surface area (Å²) in [5.74, 6) is 2.99. The molecule has 0 saturated carbocycles.